The molecule has 0 aromatic heterocycles. The lowest BCUT2D eigenvalue weighted by Crippen LogP contribution is -1.93. The summed E-state index contributed by atoms with van der Waals surface area (Å²) in [5.74, 6) is -0.515. The van der Waals surface area contributed by atoms with Crippen LogP contribution in [0.25, 0.3) is 11.1 Å². The van der Waals surface area contributed by atoms with Crippen LogP contribution in [0.15, 0.2) is 36.4 Å². The minimum absolute atomic E-state index is 0.186. The number of hydrogen-bond donors (Lipinski definition) is 0. The maximum absolute atomic E-state index is 13.9. The number of fused-ring (bicyclic) bond motifs is 3. The quantitative estimate of drug-likeness (QED) is 0.474. The predicted molar refractivity (Wildman–Crippen MR) is 61.3 cm³/mol. The van der Waals surface area contributed by atoms with Gasteiger partial charge in [-0.3, -0.25) is 10.1 Å². The molecule has 3 rings (SSSR count). The first-order chi connectivity index (χ1) is 8.16. The molecule has 0 N–H and O–H groups in total. The molecule has 0 unspecified atom stereocenters. The molecule has 0 fully saturated rings. The molecule has 0 bridgehead atoms. The highest BCUT2D eigenvalue weighted by atomic mass is 19.1. The molecule has 3 nitrogen and oxygen atoms in total. The molecule has 17 heavy (non-hydrogen) atoms. The zero-order valence-corrected chi connectivity index (χ0v) is 8.81. The maximum atomic E-state index is 13.9. The average molecular weight is 229 g/mol. The molecule has 0 aliphatic heterocycles. The van der Waals surface area contributed by atoms with Gasteiger partial charge in [0.2, 0.25) is 0 Å². The minimum atomic E-state index is -0.563. The van der Waals surface area contributed by atoms with Gasteiger partial charge in [-0.2, -0.15) is 0 Å². The smallest absolute Gasteiger partial charge is 0.258 e. The lowest BCUT2D eigenvalue weighted by molar-refractivity contribution is -0.385. The normalized spacial score (nSPS) is 12.1. The van der Waals surface area contributed by atoms with Crippen molar-refractivity contribution in [2.75, 3.05) is 0 Å². The number of hydrogen-bond acceptors (Lipinski definition) is 2. The molecular formula is C13H8FNO2. The van der Waals surface area contributed by atoms with Crippen molar-refractivity contribution in [3.8, 4) is 11.1 Å². The molecule has 4 heteroatoms. The second-order valence-corrected chi connectivity index (χ2v) is 4.05. The van der Waals surface area contributed by atoms with Crippen molar-refractivity contribution < 1.29 is 9.31 Å². The summed E-state index contributed by atoms with van der Waals surface area (Å²) in [6.45, 7) is 0. The number of rotatable bonds is 1. The van der Waals surface area contributed by atoms with Gasteiger partial charge >= 0.3 is 0 Å². The van der Waals surface area contributed by atoms with Crippen LogP contribution in [0.2, 0.25) is 0 Å². The van der Waals surface area contributed by atoms with Gasteiger partial charge in [-0.25, -0.2) is 4.39 Å². The van der Waals surface area contributed by atoms with Gasteiger partial charge < -0.3 is 0 Å². The number of nitro groups is 1. The van der Waals surface area contributed by atoms with Crippen molar-refractivity contribution in [3.05, 3.63) is 63.5 Å². The Hall–Kier alpha value is -2.23. The van der Waals surface area contributed by atoms with Crippen molar-refractivity contribution in [2.45, 2.75) is 6.42 Å². The van der Waals surface area contributed by atoms with Gasteiger partial charge in [-0.05, 0) is 23.1 Å². The molecule has 1 aliphatic carbocycles. The molecule has 1 aliphatic rings. The molecule has 0 amide bonds. The van der Waals surface area contributed by atoms with E-state index in [1.165, 1.54) is 6.07 Å². The Bertz CT molecular complexity index is 637. The van der Waals surface area contributed by atoms with Crippen molar-refractivity contribution in [3.63, 3.8) is 0 Å². The molecule has 0 radical (unpaired) electrons. The van der Waals surface area contributed by atoms with Crippen LogP contribution in [0.3, 0.4) is 0 Å². The van der Waals surface area contributed by atoms with E-state index < -0.39 is 10.7 Å². The van der Waals surface area contributed by atoms with Crippen LogP contribution in [0.5, 0.6) is 0 Å². The van der Waals surface area contributed by atoms with Gasteiger partial charge in [0, 0.05) is 11.6 Å². The van der Waals surface area contributed by atoms with Crippen molar-refractivity contribution in [2.24, 2.45) is 0 Å². The number of nitrogens with zero attached hydrogens (tertiary/aromatic N) is 1. The molecule has 0 spiro atoms. The highest BCUT2D eigenvalue weighted by Gasteiger charge is 2.24. The van der Waals surface area contributed by atoms with E-state index in [4.69, 9.17) is 0 Å². The fourth-order valence-electron chi connectivity index (χ4n) is 2.32. The van der Waals surface area contributed by atoms with Gasteiger partial charge in [0.25, 0.3) is 5.69 Å². The average Bonchev–Trinajstić information content (AvgIpc) is 2.67. The van der Waals surface area contributed by atoms with Gasteiger partial charge in [-0.15, -0.1) is 0 Å². The molecule has 0 heterocycles. The van der Waals surface area contributed by atoms with E-state index in [0.29, 0.717) is 17.5 Å². The molecule has 2 aromatic carbocycles. The monoisotopic (exact) mass is 229 g/mol. The summed E-state index contributed by atoms with van der Waals surface area (Å²) in [6.07, 6.45) is 0.560. The van der Waals surface area contributed by atoms with Crippen LogP contribution in [0, 0.1) is 15.9 Å². The van der Waals surface area contributed by atoms with E-state index in [0.717, 1.165) is 17.2 Å². The van der Waals surface area contributed by atoms with E-state index in [-0.39, 0.29) is 5.69 Å². The fraction of sp³-hybridized carbons (Fsp3) is 0.0769. The molecular weight excluding hydrogens is 221 g/mol. The van der Waals surface area contributed by atoms with Crippen LogP contribution in [0.4, 0.5) is 10.1 Å². The first-order valence-electron chi connectivity index (χ1n) is 5.22. The van der Waals surface area contributed by atoms with E-state index in [9.17, 15) is 14.5 Å². The number of non-ortho nitro benzene ring substituents is 1. The Morgan fingerprint density at radius 1 is 1.18 bits per heavy atom. The Kier molecular flexibility index (Phi) is 1.98. The van der Waals surface area contributed by atoms with Crippen LogP contribution >= 0.6 is 0 Å². The largest absolute Gasteiger partial charge is 0.272 e. The summed E-state index contributed by atoms with van der Waals surface area (Å²) in [5.41, 5.74) is 2.87. The Balaban J connectivity index is 2.25. The summed E-state index contributed by atoms with van der Waals surface area (Å²) < 4.78 is 13.9. The summed E-state index contributed by atoms with van der Waals surface area (Å²) in [4.78, 5) is 10.1. The first-order valence-corrected chi connectivity index (χ1v) is 5.22. The lowest BCUT2D eigenvalue weighted by Gasteiger charge is -2.02. The first kappa shape index (κ1) is 9.96. The second-order valence-electron chi connectivity index (χ2n) is 4.05. The topological polar surface area (TPSA) is 43.1 Å². The van der Waals surface area contributed by atoms with Crippen molar-refractivity contribution in [1.29, 1.82) is 0 Å². The third-order valence-electron chi connectivity index (χ3n) is 3.04. The third kappa shape index (κ3) is 1.41. The molecule has 0 saturated carbocycles. The SMILES string of the molecule is O=[N+]([O-])c1cc(F)c2c(c1)Cc1ccccc1-2. The molecule has 2 aromatic rings. The third-order valence-corrected chi connectivity index (χ3v) is 3.04. The summed E-state index contributed by atoms with van der Waals surface area (Å²) >= 11 is 0. The highest BCUT2D eigenvalue weighted by Crippen LogP contribution is 2.39. The minimum Gasteiger partial charge on any atom is -0.258 e. The van der Waals surface area contributed by atoms with Crippen LogP contribution in [-0.4, -0.2) is 4.92 Å². The molecule has 84 valence electrons. The Morgan fingerprint density at radius 2 is 1.94 bits per heavy atom. The summed E-state index contributed by atoms with van der Waals surface area (Å²) in [7, 11) is 0. The van der Waals surface area contributed by atoms with Gasteiger partial charge in [-0.1, -0.05) is 24.3 Å². The highest BCUT2D eigenvalue weighted by molar-refractivity contribution is 5.78. The number of nitro benzene ring substituents is 1. The van der Waals surface area contributed by atoms with Crippen LogP contribution in [-0.2, 0) is 6.42 Å². The van der Waals surface area contributed by atoms with E-state index in [1.807, 2.05) is 24.3 Å². The van der Waals surface area contributed by atoms with Crippen molar-refractivity contribution >= 4 is 5.69 Å². The summed E-state index contributed by atoms with van der Waals surface area (Å²) in [5, 5.41) is 10.7. The standard InChI is InChI=1S/C13H8FNO2/c14-12-7-10(15(16)17)6-9-5-8-3-1-2-4-11(8)13(9)12/h1-4,6-7H,5H2. The fourth-order valence-corrected chi connectivity index (χ4v) is 2.32. The molecule has 0 atom stereocenters. The van der Waals surface area contributed by atoms with E-state index >= 15 is 0 Å². The zero-order valence-electron chi connectivity index (χ0n) is 8.81. The Labute approximate surface area is 96.7 Å². The number of halogens is 1. The Morgan fingerprint density at radius 3 is 2.71 bits per heavy atom. The lowest BCUT2D eigenvalue weighted by atomic mass is 10.0. The molecule has 0 saturated heterocycles. The van der Waals surface area contributed by atoms with E-state index in [1.54, 1.807) is 0 Å². The zero-order chi connectivity index (χ0) is 12.0. The van der Waals surface area contributed by atoms with Gasteiger partial charge in [0.1, 0.15) is 5.82 Å². The van der Waals surface area contributed by atoms with Gasteiger partial charge in [0.15, 0.2) is 0 Å². The van der Waals surface area contributed by atoms with E-state index in [2.05, 4.69) is 0 Å². The van der Waals surface area contributed by atoms with Crippen molar-refractivity contribution in [1.82, 2.24) is 0 Å². The maximum Gasteiger partial charge on any atom is 0.272 e. The summed E-state index contributed by atoms with van der Waals surface area (Å²) in [6, 6.07) is 9.93. The van der Waals surface area contributed by atoms with Gasteiger partial charge in [0.05, 0.1) is 11.0 Å². The second kappa shape index (κ2) is 3.38. The number of benzene rings is 2. The predicted octanol–water partition coefficient (Wildman–Crippen LogP) is 3.31. The van der Waals surface area contributed by atoms with Crippen LogP contribution < -0.4 is 0 Å². The van der Waals surface area contributed by atoms with Crippen LogP contribution in [0.1, 0.15) is 11.1 Å².